The van der Waals surface area contributed by atoms with Crippen LogP contribution in [-0.4, -0.2) is 24.1 Å². The summed E-state index contributed by atoms with van der Waals surface area (Å²) in [6, 6.07) is 0.614. The maximum absolute atomic E-state index is 3.49. The molecule has 0 radical (unpaired) electrons. The molecule has 0 aliphatic heterocycles. The van der Waals surface area contributed by atoms with Crippen LogP contribution in [0.2, 0.25) is 0 Å². The maximum atomic E-state index is 3.49. The molecular weight excluding hydrogens is 160 g/mol. The van der Waals surface area contributed by atoms with E-state index in [9.17, 15) is 0 Å². The van der Waals surface area contributed by atoms with Gasteiger partial charge in [0.15, 0.2) is 0 Å². The molecule has 80 valence electrons. The molecule has 0 aromatic heterocycles. The highest BCUT2D eigenvalue weighted by Gasteiger charge is 2.06. The molecule has 13 heavy (non-hydrogen) atoms. The van der Waals surface area contributed by atoms with Gasteiger partial charge < -0.3 is 0 Å². The fourth-order valence-electron chi connectivity index (χ4n) is 1.25. The van der Waals surface area contributed by atoms with E-state index in [1.807, 2.05) is 0 Å². The van der Waals surface area contributed by atoms with Gasteiger partial charge in [-0.25, -0.2) is 5.01 Å². The molecule has 0 aromatic carbocycles. The zero-order valence-electron chi connectivity index (χ0n) is 9.77. The fourth-order valence-corrected chi connectivity index (χ4v) is 1.25. The van der Waals surface area contributed by atoms with Gasteiger partial charge in [-0.15, -0.1) is 0 Å². The summed E-state index contributed by atoms with van der Waals surface area (Å²) in [7, 11) is 0. The minimum Gasteiger partial charge on any atom is -0.255 e. The molecule has 0 fully saturated rings. The van der Waals surface area contributed by atoms with Gasteiger partial charge in [0.25, 0.3) is 0 Å². The minimum absolute atomic E-state index is 0.614. The third kappa shape index (κ3) is 7.03. The van der Waals surface area contributed by atoms with E-state index in [0.717, 1.165) is 6.54 Å². The minimum atomic E-state index is 0.614. The molecule has 2 heteroatoms. The SMILES string of the molecule is CCCCNN(CCCC)C(C)C. The molecule has 0 atom stereocenters. The Morgan fingerprint density at radius 2 is 1.69 bits per heavy atom. The van der Waals surface area contributed by atoms with Crippen LogP contribution in [0.1, 0.15) is 53.4 Å². The predicted octanol–water partition coefficient (Wildman–Crippen LogP) is 2.80. The van der Waals surface area contributed by atoms with Crippen molar-refractivity contribution in [2.45, 2.75) is 59.4 Å². The van der Waals surface area contributed by atoms with Gasteiger partial charge in [0, 0.05) is 19.1 Å². The van der Waals surface area contributed by atoms with Gasteiger partial charge in [0.05, 0.1) is 0 Å². The lowest BCUT2D eigenvalue weighted by molar-refractivity contribution is 0.140. The van der Waals surface area contributed by atoms with E-state index in [0.29, 0.717) is 6.04 Å². The van der Waals surface area contributed by atoms with Crippen molar-refractivity contribution in [1.29, 1.82) is 0 Å². The van der Waals surface area contributed by atoms with Gasteiger partial charge in [0.2, 0.25) is 0 Å². The second-order valence-electron chi connectivity index (χ2n) is 3.90. The molecule has 1 N–H and O–H groups in total. The van der Waals surface area contributed by atoms with E-state index in [1.165, 1.54) is 32.2 Å². The molecule has 0 bridgehead atoms. The first kappa shape index (κ1) is 12.9. The first-order chi connectivity index (χ1) is 6.22. The van der Waals surface area contributed by atoms with Crippen molar-refractivity contribution in [2.75, 3.05) is 13.1 Å². The van der Waals surface area contributed by atoms with Crippen molar-refractivity contribution in [3.8, 4) is 0 Å². The summed E-state index contributed by atoms with van der Waals surface area (Å²) >= 11 is 0. The Labute approximate surface area is 83.7 Å². The topological polar surface area (TPSA) is 15.3 Å². The van der Waals surface area contributed by atoms with Crippen LogP contribution in [0.15, 0.2) is 0 Å². The van der Waals surface area contributed by atoms with Crippen molar-refractivity contribution >= 4 is 0 Å². The van der Waals surface area contributed by atoms with Crippen molar-refractivity contribution in [1.82, 2.24) is 10.4 Å². The molecule has 0 amide bonds. The van der Waals surface area contributed by atoms with Gasteiger partial charge in [-0.1, -0.05) is 26.7 Å². The number of hydrazine groups is 1. The first-order valence-electron chi connectivity index (χ1n) is 5.72. The maximum Gasteiger partial charge on any atom is 0.0187 e. The number of nitrogens with one attached hydrogen (secondary N) is 1. The Balaban J connectivity index is 3.54. The smallest absolute Gasteiger partial charge is 0.0187 e. The number of hydrogen-bond donors (Lipinski definition) is 1. The molecule has 0 rings (SSSR count). The van der Waals surface area contributed by atoms with E-state index < -0.39 is 0 Å². The summed E-state index contributed by atoms with van der Waals surface area (Å²) in [6.45, 7) is 11.3. The highest BCUT2D eigenvalue weighted by atomic mass is 15.5. The van der Waals surface area contributed by atoms with Gasteiger partial charge >= 0.3 is 0 Å². The van der Waals surface area contributed by atoms with Crippen LogP contribution in [0, 0.1) is 0 Å². The molecule has 0 saturated heterocycles. The molecule has 0 aliphatic rings. The average molecular weight is 186 g/mol. The second kappa shape index (κ2) is 8.52. The Kier molecular flexibility index (Phi) is 8.46. The fraction of sp³-hybridized carbons (Fsp3) is 1.00. The van der Waals surface area contributed by atoms with Gasteiger partial charge in [-0.05, 0) is 26.7 Å². The van der Waals surface area contributed by atoms with Gasteiger partial charge in [0.1, 0.15) is 0 Å². The van der Waals surface area contributed by atoms with Crippen LogP contribution in [0.4, 0.5) is 0 Å². The van der Waals surface area contributed by atoms with Crippen LogP contribution in [-0.2, 0) is 0 Å². The number of nitrogens with zero attached hydrogens (tertiary/aromatic N) is 1. The lowest BCUT2D eigenvalue weighted by atomic mass is 10.3. The standard InChI is InChI=1S/C11H26N2/c1-5-7-9-12-13(11(3)4)10-8-6-2/h11-12H,5-10H2,1-4H3. The molecule has 0 saturated carbocycles. The normalized spacial score (nSPS) is 11.5. The molecule has 0 unspecified atom stereocenters. The van der Waals surface area contributed by atoms with E-state index in [1.54, 1.807) is 0 Å². The third-order valence-electron chi connectivity index (χ3n) is 2.22. The molecular formula is C11H26N2. The van der Waals surface area contributed by atoms with Gasteiger partial charge in [-0.2, -0.15) is 0 Å². The number of rotatable bonds is 8. The summed E-state index contributed by atoms with van der Waals surface area (Å²) in [5.41, 5.74) is 3.49. The highest BCUT2D eigenvalue weighted by molar-refractivity contribution is 4.57. The van der Waals surface area contributed by atoms with Crippen molar-refractivity contribution < 1.29 is 0 Å². The van der Waals surface area contributed by atoms with Crippen LogP contribution in [0.3, 0.4) is 0 Å². The summed E-state index contributed by atoms with van der Waals surface area (Å²) in [6.07, 6.45) is 5.11. The predicted molar refractivity (Wildman–Crippen MR) is 59.7 cm³/mol. The molecule has 0 heterocycles. The zero-order chi connectivity index (χ0) is 10.1. The lowest BCUT2D eigenvalue weighted by Gasteiger charge is -2.27. The van der Waals surface area contributed by atoms with Crippen molar-refractivity contribution in [3.63, 3.8) is 0 Å². The third-order valence-corrected chi connectivity index (χ3v) is 2.22. The first-order valence-corrected chi connectivity index (χ1v) is 5.72. The van der Waals surface area contributed by atoms with E-state index in [4.69, 9.17) is 0 Å². The Hall–Kier alpha value is -0.0800. The monoisotopic (exact) mass is 186 g/mol. The number of unbranched alkanes of at least 4 members (excludes halogenated alkanes) is 2. The summed E-state index contributed by atoms with van der Waals surface area (Å²) in [5, 5.41) is 2.36. The van der Waals surface area contributed by atoms with Crippen LogP contribution in [0.25, 0.3) is 0 Å². The molecule has 0 spiro atoms. The average Bonchev–Trinajstić information content (AvgIpc) is 2.10. The van der Waals surface area contributed by atoms with Crippen LogP contribution >= 0.6 is 0 Å². The van der Waals surface area contributed by atoms with Crippen molar-refractivity contribution in [3.05, 3.63) is 0 Å². The zero-order valence-corrected chi connectivity index (χ0v) is 9.77. The highest BCUT2D eigenvalue weighted by Crippen LogP contribution is 1.98. The Bertz CT molecular complexity index is 102. The Morgan fingerprint density at radius 3 is 2.15 bits per heavy atom. The number of hydrogen-bond acceptors (Lipinski definition) is 2. The van der Waals surface area contributed by atoms with E-state index in [-0.39, 0.29) is 0 Å². The summed E-state index contributed by atoms with van der Waals surface area (Å²) in [4.78, 5) is 0. The summed E-state index contributed by atoms with van der Waals surface area (Å²) in [5.74, 6) is 0. The molecule has 2 nitrogen and oxygen atoms in total. The summed E-state index contributed by atoms with van der Waals surface area (Å²) < 4.78 is 0. The lowest BCUT2D eigenvalue weighted by Crippen LogP contribution is -2.43. The van der Waals surface area contributed by atoms with E-state index in [2.05, 4.69) is 38.1 Å². The quantitative estimate of drug-likeness (QED) is 0.463. The van der Waals surface area contributed by atoms with Crippen LogP contribution < -0.4 is 5.43 Å². The van der Waals surface area contributed by atoms with Gasteiger partial charge in [-0.3, -0.25) is 5.43 Å². The van der Waals surface area contributed by atoms with Crippen molar-refractivity contribution in [2.24, 2.45) is 0 Å². The largest absolute Gasteiger partial charge is 0.255 e. The van der Waals surface area contributed by atoms with E-state index >= 15 is 0 Å². The molecule has 0 aliphatic carbocycles. The Morgan fingerprint density at radius 1 is 1.08 bits per heavy atom. The molecule has 0 aromatic rings. The second-order valence-corrected chi connectivity index (χ2v) is 3.90. The van der Waals surface area contributed by atoms with Crippen LogP contribution in [0.5, 0.6) is 0 Å².